The van der Waals surface area contributed by atoms with Crippen molar-refractivity contribution in [2.75, 3.05) is 0 Å². The third kappa shape index (κ3) is 2.51. The summed E-state index contributed by atoms with van der Waals surface area (Å²) in [5.74, 6) is 0.741. The first kappa shape index (κ1) is 12.3. The van der Waals surface area contributed by atoms with Crippen molar-refractivity contribution >= 4 is 16.9 Å². The van der Waals surface area contributed by atoms with E-state index in [0.29, 0.717) is 12.1 Å². The Kier molecular flexibility index (Phi) is 3.16. The van der Waals surface area contributed by atoms with Gasteiger partial charge in [-0.2, -0.15) is 0 Å². The Bertz CT molecular complexity index is 749. The molecule has 3 aromatic rings. The fourth-order valence-electron chi connectivity index (χ4n) is 2.06. The number of hydrogen-bond donors (Lipinski definition) is 2. The number of aryl methyl sites for hydroxylation is 1. The van der Waals surface area contributed by atoms with Gasteiger partial charge in [-0.3, -0.25) is 9.78 Å². The van der Waals surface area contributed by atoms with Crippen LogP contribution in [0, 0.1) is 6.92 Å². The second-order valence-electron chi connectivity index (χ2n) is 4.59. The number of nitrogens with one attached hydrogen (secondary N) is 2. The van der Waals surface area contributed by atoms with Crippen LogP contribution in [0.2, 0.25) is 0 Å². The number of benzene rings is 1. The van der Waals surface area contributed by atoms with Crippen LogP contribution in [0.4, 0.5) is 0 Å². The molecule has 5 nitrogen and oxygen atoms in total. The van der Waals surface area contributed by atoms with E-state index in [1.165, 1.54) is 0 Å². The van der Waals surface area contributed by atoms with Gasteiger partial charge in [0.25, 0.3) is 5.91 Å². The van der Waals surface area contributed by atoms with Gasteiger partial charge in [-0.15, -0.1) is 0 Å². The topological polar surface area (TPSA) is 70.7 Å². The second-order valence-corrected chi connectivity index (χ2v) is 4.59. The number of rotatable bonds is 3. The lowest BCUT2D eigenvalue weighted by Gasteiger charge is -2.05. The van der Waals surface area contributed by atoms with Gasteiger partial charge in [0.05, 0.1) is 11.0 Å². The maximum absolute atomic E-state index is 12.1. The van der Waals surface area contributed by atoms with Crippen molar-refractivity contribution in [1.82, 2.24) is 20.3 Å². The third-order valence-corrected chi connectivity index (χ3v) is 3.06. The number of amides is 1. The van der Waals surface area contributed by atoms with Crippen molar-refractivity contribution in [2.24, 2.45) is 0 Å². The number of hydrogen-bond acceptors (Lipinski definition) is 3. The maximum Gasteiger partial charge on any atom is 0.251 e. The molecule has 2 aromatic heterocycles. The summed E-state index contributed by atoms with van der Waals surface area (Å²) in [5, 5.41) is 2.89. The minimum atomic E-state index is -0.101. The Morgan fingerprint density at radius 1 is 1.25 bits per heavy atom. The molecule has 0 aliphatic heterocycles. The number of nitrogens with zero attached hydrogens (tertiary/aromatic N) is 2. The zero-order valence-corrected chi connectivity index (χ0v) is 11.1. The van der Waals surface area contributed by atoms with Gasteiger partial charge in [-0.1, -0.05) is 0 Å². The summed E-state index contributed by atoms with van der Waals surface area (Å²) in [6.45, 7) is 2.38. The number of aromatic nitrogens is 3. The van der Waals surface area contributed by atoms with Crippen molar-refractivity contribution in [3.63, 3.8) is 0 Å². The first-order valence-corrected chi connectivity index (χ1v) is 6.36. The van der Waals surface area contributed by atoms with Crippen LogP contribution in [0.25, 0.3) is 11.0 Å². The van der Waals surface area contributed by atoms with Crippen molar-refractivity contribution < 1.29 is 4.79 Å². The molecule has 0 unspecified atom stereocenters. The molecule has 0 atom stereocenters. The van der Waals surface area contributed by atoms with Gasteiger partial charge in [0, 0.05) is 24.5 Å². The summed E-state index contributed by atoms with van der Waals surface area (Å²) < 4.78 is 0. The highest BCUT2D eigenvalue weighted by Gasteiger charge is 2.07. The molecule has 0 radical (unpaired) electrons. The number of carbonyl (C=O) groups excluding carboxylic acids is 1. The molecule has 2 N–H and O–H groups in total. The largest absolute Gasteiger partial charge is 0.348 e. The molecular formula is C15H14N4O. The smallest absolute Gasteiger partial charge is 0.251 e. The highest BCUT2D eigenvalue weighted by molar-refractivity contribution is 5.97. The predicted molar refractivity (Wildman–Crippen MR) is 76.2 cm³/mol. The highest BCUT2D eigenvalue weighted by Crippen LogP contribution is 2.13. The maximum atomic E-state index is 12.1. The zero-order valence-electron chi connectivity index (χ0n) is 11.1. The van der Waals surface area contributed by atoms with E-state index in [4.69, 9.17) is 0 Å². The van der Waals surface area contributed by atoms with Gasteiger partial charge in [0.1, 0.15) is 5.82 Å². The Hall–Kier alpha value is -2.69. The van der Waals surface area contributed by atoms with E-state index in [1.807, 2.05) is 31.2 Å². The summed E-state index contributed by atoms with van der Waals surface area (Å²) >= 11 is 0. The van der Waals surface area contributed by atoms with Crippen LogP contribution in [-0.2, 0) is 6.54 Å². The van der Waals surface area contributed by atoms with E-state index >= 15 is 0 Å². The minimum Gasteiger partial charge on any atom is -0.348 e. The van der Waals surface area contributed by atoms with Crippen LogP contribution in [0.15, 0.2) is 42.7 Å². The summed E-state index contributed by atoms with van der Waals surface area (Å²) in [4.78, 5) is 23.5. The molecular weight excluding hydrogens is 252 g/mol. The molecule has 2 heterocycles. The van der Waals surface area contributed by atoms with Crippen LogP contribution in [0.5, 0.6) is 0 Å². The van der Waals surface area contributed by atoms with E-state index in [-0.39, 0.29) is 5.91 Å². The standard InChI is InChI=1S/C15H14N4O/c1-10-18-13-3-2-12(8-14(13)19-10)15(20)17-9-11-4-6-16-7-5-11/h2-8H,9H2,1H3,(H,17,20)(H,18,19). The number of fused-ring (bicyclic) bond motifs is 1. The molecule has 100 valence electrons. The molecule has 0 fully saturated rings. The monoisotopic (exact) mass is 266 g/mol. The van der Waals surface area contributed by atoms with Gasteiger partial charge >= 0.3 is 0 Å². The van der Waals surface area contributed by atoms with Crippen LogP contribution in [-0.4, -0.2) is 20.9 Å². The van der Waals surface area contributed by atoms with Crippen LogP contribution in [0.3, 0.4) is 0 Å². The summed E-state index contributed by atoms with van der Waals surface area (Å²) in [5.41, 5.74) is 3.38. The lowest BCUT2D eigenvalue weighted by Crippen LogP contribution is -2.22. The fraction of sp³-hybridized carbons (Fsp3) is 0.133. The van der Waals surface area contributed by atoms with E-state index in [0.717, 1.165) is 22.4 Å². The average molecular weight is 266 g/mol. The van der Waals surface area contributed by atoms with Gasteiger partial charge in [-0.25, -0.2) is 4.98 Å². The van der Waals surface area contributed by atoms with Gasteiger partial charge < -0.3 is 10.3 Å². The van der Waals surface area contributed by atoms with Gasteiger partial charge in [-0.05, 0) is 42.8 Å². The van der Waals surface area contributed by atoms with Gasteiger partial charge in [0.15, 0.2) is 0 Å². The van der Waals surface area contributed by atoms with Crippen LogP contribution in [0.1, 0.15) is 21.7 Å². The summed E-state index contributed by atoms with van der Waals surface area (Å²) in [7, 11) is 0. The Morgan fingerprint density at radius 2 is 2.05 bits per heavy atom. The van der Waals surface area contributed by atoms with Gasteiger partial charge in [0.2, 0.25) is 0 Å². The first-order valence-electron chi connectivity index (χ1n) is 6.36. The average Bonchev–Trinajstić information content (AvgIpc) is 2.85. The number of pyridine rings is 1. The fourth-order valence-corrected chi connectivity index (χ4v) is 2.06. The third-order valence-electron chi connectivity index (χ3n) is 3.06. The molecule has 0 aliphatic carbocycles. The van der Waals surface area contributed by atoms with E-state index in [9.17, 15) is 4.79 Å². The van der Waals surface area contributed by atoms with Crippen molar-refractivity contribution in [2.45, 2.75) is 13.5 Å². The predicted octanol–water partition coefficient (Wildman–Crippen LogP) is 2.20. The molecule has 0 aliphatic rings. The first-order chi connectivity index (χ1) is 9.72. The molecule has 0 saturated heterocycles. The van der Waals surface area contributed by atoms with E-state index in [1.54, 1.807) is 18.5 Å². The number of carbonyl (C=O) groups is 1. The Balaban J connectivity index is 1.75. The number of H-pyrrole nitrogens is 1. The SMILES string of the molecule is Cc1nc2ccc(C(=O)NCc3ccncc3)cc2[nH]1. The van der Waals surface area contributed by atoms with Crippen molar-refractivity contribution in [1.29, 1.82) is 0 Å². The lowest BCUT2D eigenvalue weighted by molar-refractivity contribution is 0.0951. The Labute approximate surface area is 116 Å². The Morgan fingerprint density at radius 3 is 2.85 bits per heavy atom. The molecule has 5 heteroatoms. The second kappa shape index (κ2) is 5.13. The molecule has 20 heavy (non-hydrogen) atoms. The molecule has 3 rings (SSSR count). The summed E-state index contributed by atoms with van der Waals surface area (Å²) in [6.07, 6.45) is 3.42. The van der Waals surface area contributed by atoms with E-state index in [2.05, 4.69) is 20.3 Å². The summed E-state index contributed by atoms with van der Waals surface area (Å²) in [6, 6.07) is 9.20. The minimum absolute atomic E-state index is 0.101. The molecule has 0 saturated carbocycles. The zero-order chi connectivity index (χ0) is 13.9. The normalized spacial score (nSPS) is 10.7. The number of imidazole rings is 1. The molecule has 1 aromatic carbocycles. The number of aromatic amines is 1. The van der Waals surface area contributed by atoms with E-state index < -0.39 is 0 Å². The molecule has 0 spiro atoms. The van der Waals surface area contributed by atoms with Crippen LogP contribution < -0.4 is 5.32 Å². The quantitative estimate of drug-likeness (QED) is 0.763. The molecule has 1 amide bonds. The van der Waals surface area contributed by atoms with Crippen LogP contribution >= 0.6 is 0 Å². The van der Waals surface area contributed by atoms with Crippen molar-refractivity contribution in [3.8, 4) is 0 Å². The highest BCUT2D eigenvalue weighted by atomic mass is 16.1. The van der Waals surface area contributed by atoms with Crippen molar-refractivity contribution in [3.05, 3.63) is 59.7 Å². The lowest BCUT2D eigenvalue weighted by atomic mass is 10.2. The molecule has 0 bridgehead atoms.